The summed E-state index contributed by atoms with van der Waals surface area (Å²) in [5.41, 5.74) is 3.27. The van der Waals surface area contributed by atoms with Crippen LogP contribution in [0.3, 0.4) is 0 Å². The van der Waals surface area contributed by atoms with Crippen LogP contribution < -0.4 is 0 Å². The van der Waals surface area contributed by atoms with Crippen LogP contribution in [0.2, 0.25) is 0 Å². The Kier molecular flexibility index (Phi) is 2.70. The SMILES string of the molecule is CC(C)C1=C(C(=O)c2ccccc2)[C@H]2C=C[C@@H]1C2. The van der Waals surface area contributed by atoms with Gasteiger partial charge in [0.2, 0.25) is 0 Å². The van der Waals surface area contributed by atoms with Crippen molar-refractivity contribution in [3.05, 3.63) is 59.2 Å². The van der Waals surface area contributed by atoms with Gasteiger partial charge in [0.1, 0.15) is 0 Å². The molecule has 1 aromatic rings. The molecule has 2 aliphatic carbocycles. The van der Waals surface area contributed by atoms with Crippen LogP contribution in [0.15, 0.2) is 53.6 Å². The molecule has 0 amide bonds. The van der Waals surface area contributed by atoms with Crippen molar-refractivity contribution in [2.75, 3.05) is 0 Å². The molecule has 3 rings (SSSR count). The second kappa shape index (κ2) is 4.24. The summed E-state index contributed by atoms with van der Waals surface area (Å²) in [6, 6.07) is 9.67. The zero-order chi connectivity index (χ0) is 12.7. The van der Waals surface area contributed by atoms with E-state index in [1.807, 2.05) is 30.3 Å². The summed E-state index contributed by atoms with van der Waals surface area (Å²) in [4.78, 5) is 12.7. The van der Waals surface area contributed by atoms with Gasteiger partial charge >= 0.3 is 0 Å². The van der Waals surface area contributed by atoms with E-state index >= 15 is 0 Å². The lowest BCUT2D eigenvalue weighted by Gasteiger charge is -2.18. The average Bonchev–Trinajstić information content (AvgIpc) is 2.99. The monoisotopic (exact) mass is 238 g/mol. The first kappa shape index (κ1) is 11.5. The van der Waals surface area contributed by atoms with E-state index in [9.17, 15) is 4.79 Å². The van der Waals surface area contributed by atoms with Gasteiger partial charge in [-0.1, -0.05) is 61.9 Å². The van der Waals surface area contributed by atoms with Crippen molar-refractivity contribution in [3.63, 3.8) is 0 Å². The number of carbonyl (C=O) groups is 1. The molecule has 0 N–H and O–H groups in total. The van der Waals surface area contributed by atoms with Gasteiger partial charge in [-0.2, -0.15) is 0 Å². The molecule has 0 heterocycles. The van der Waals surface area contributed by atoms with E-state index in [-0.39, 0.29) is 5.78 Å². The Balaban J connectivity index is 2.03. The van der Waals surface area contributed by atoms with Crippen molar-refractivity contribution in [3.8, 4) is 0 Å². The van der Waals surface area contributed by atoms with Gasteiger partial charge in [0.05, 0.1) is 0 Å². The highest BCUT2D eigenvalue weighted by Crippen LogP contribution is 2.47. The highest BCUT2D eigenvalue weighted by Gasteiger charge is 2.39. The molecule has 1 nitrogen and oxygen atoms in total. The van der Waals surface area contributed by atoms with E-state index in [0.29, 0.717) is 17.8 Å². The molecular formula is C17H18O. The number of benzene rings is 1. The molecule has 1 heteroatoms. The second-order valence-corrected chi connectivity index (χ2v) is 5.55. The van der Waals surface area contributed by atoms with Gasteiger partial charge in [-0.15, -0.1) is 0 Å². The molecule has 0 spiro atoms. The van der Waals surface area contributed by atoms with Gasteiger partial charge in [-0.25, -0.2) is 0 Å². The number of ketones is 1. The molecule has 1 aromatic carbocycles. The number of Topliss-reactive ketones (excluding diaryl/α,β-unsaturated/α-hetero) is 1. The van der Waals surface area contributed by atoms with Crippen LogP contribution in [0.25, 0.3) is 0 Å². The van der Waals surface area contributed by atoms with Crippen LogP contribution in [0, 0.1) is 17.8 Å². The van der Waals surface area contributed by atoms with Crippen molar-refractivity contribution in [2.24, 2.45) is 17.8 Å². The summed E-state index contributed by atoms with van der Waals surface area (Å²) >= 11 is 0. The summed E-state index contributed by atoms with van der Waals surface area (Å²) in [6.07, 6.45) is 5.61. The first-order valence-electron chi connectivity index (χ1n) is 6.70. The molecule has 18 heavy (non-hydrogen) atoms. The van der Waals surface area contributed by atoms with Gasteiger partial charge < -0.3 is 0 Å². The minimum absolute atomic E-state index is 0.233. The number of hydrogen-bond acceptors (Lipinski definition) is 1. The lowest BCUT2D eigenvalue weighted by molar-refractivity contribution is 0.102. The Hall–Kier alpha value is -1.63. The summed E-state index contributed by atoms with van der Waals surface area (Å²) < 4.78 is 0. The molecule has 92 valence electrons. The topological polar surface area (TPSA) is 17.1 Å². The molecule has 0 aromatic heterocycles. The van der Waals surface area contributed by atoms with Gasteiger partial charge in [-0.3, -0.25) is 4.79 Å². The summed E-state index contributed by atoms with van der Waals surface area (Å²) in [6.45, 7) is 4.39. The van der Waals surface area contributed by atoms with Gasteiger partial charge in [-0.05, 0) is 18.3 Å². The van der Waals surface area contributed by atoms with E-state index in [0.717, 1.165) is 17.6 Å². The minimum atomic E-state index is 0.233. The smallest absolute Gasteiger partial charge is 0.189 e. The highest BCUT2D eigenvalue weighted by molar-refractivity contribution is 6.10. The van der Waals surface area contributed by atoms with Crippen molar-refractivity contribution in [1.82, 2.24) is 0 Å². The average molecular weight is 238 g/mol. The van der Waals surface area contributed by atoms with Crippen molar-refractivity contribution >= 4 is 5.78 Å². The molecule has 0 radical (unpaired) electrons. The zero-order valence-corrected chi connectivity index (χ0v) is 10.9. The third-order valence-electron chi connectivity index (χ3n) is 4.07. The molecular weight excluding hydrogens is 220 g/mol. The van der Waals surface area contributed by atoms with Crippen LogP contribution in [0.4, 0.5) is 0 Å². The number of hydrogen-bond donors (Lipinski definition) is 0. The van der Waals surface area contributed by atoms with Crippen LogP contribution in [-0.2, 0) is 0 Å². The van der Waals surface area contributed by atoms with Gasteiger partial charge in [0.15, 0.2) is 5.78 Å². The molecule has 0 saturated carbocycles. The Morgan fingerprint density at radius 3 is 2.44 bits per heavy atom. The number of rotatable bonds is 3. The first-order chi connectivity index (χ1) is 8.68. The van der Waals surface area contributed by atoms with Crippen LogP contribution >= 0.6 is 0 Å². The normalized spacial score (nSPS) is 25.3. The Morgan fingerprint density at radius 1 is 1.11 bits per heavy atom. The number of fused-ring (bicyclic) bond motifs is 2. The van der Waals surface area contributed by atoms with Gasteiger partial charge in [0, 0.05) is 17.1 Å². The van der Waals surface area contributed by atoms with Gasteiger partial charge in [0.25, 0.3) is 0 Å². The standard InChI is InChI=1S/C17H18O/c1-11(2)15-13-8-9-14(10-13)16(15)17(18)12-6-4-3-5-7-12/h3-9,11,13-14H,10H2,1-2H3/t13-,14+/m1/s1. The molecule has 0 fully saturated rings. The summed E-state index contributed by atoms with van der Waals surface area (Å²) in [7, 11) is 0. The lowest BCUT2D eigenvalue weighted by Crippen LogP contribution is -2.13. The Bertz CT molecular complexity index is 534. The maximum absolute atomic E-state index is 12.7. The van der Waals surface area contributed by atoms with Crippen LogP contribution in [0.1, 0.15) is 30.6 Å². The van der Waals surface area contributed by atoms with E-state index in [1.54, 1.807) is 0 Å². The minimum Gasteiger partial charge on any atom is -0.289 e. The predicted octanol–water partition coefficient (Wildman–Crippen LogP) is 4.03. The number of carbonyl (C=O) groups excluding carboxylic acids is 1. The third kappa shape index (κ3) is 1.66. The van der Waals surface area contributed by atoms with Crippen LogP contribution in [0.5, 0.6) is 0 Å². The predicted molar refractivity (Wildman–Crippen MR) is 73.4 cm³/mol. The maximum atomic E-state index is 12.7. The van der Waals surface area contributed by atoms with E-state index in [1.165, 1.54) is 5.57 Å². The van der Waals surface area contributed by atoms with Crippen LogP contribution in [-0.4, -0.2) is 5.78 Å². The van der Waals surface area contributed by atoms with Crippen molar-refractivity contribution in [2.45, 2.75) is 20.3 Å². The molecule has 2 bridgehead atoms. The Labute approximate surface area is 108 Å². The highest BCUT2D eigenvalue weighted by atomic mass is 16.1. The first-order valence-corrected chi connectivity index (χ1v) is 6.70. The Morgan fingerprint density at radius 2 is 1.78 bits per heavy atom. The summed E-state index contributed by atoms with van der Waals surface area (Å²) in [5.74, 6) is 1.57. The van der Waals surface area contributed by atoms with E-state index in [4.69, 9.17) is 0 Å². The number of allylic oxidation sites excluding steroid dienone is 4. The third-order valence-corrected chi connectivity index (χ3v) is 4.07. The fourth-order valence-electron chi connectivity index (χ4n) is 3.34. The molecule has 0 saturated heterocycles. The van der Waals surface area contributed by atoms with E-state index in [2.05, 4.69) is 26.0 Å². The molecule has 0 unspecified atom stereocenters. The summed E-state index contributed by atoms with van der Waals surface area (Å²) in [5, 5.41) is 0. The van der Waals surface area contributed by atoms with Crippen molar-refractivity contribution in [1.29, 1.82) is 0 Å². The quantitative estimate of drug-likeness (QED) is 0.574. The fraction of sp³-hybridized carbons (Fsp3) is 0.353. The molecule has 2 atom stereocenters. The fourth-order valence-corrected chi connectivity index (χ4v) is 3.34. The van der Waals surface area contributed by atoms with Crippen molar-refractivity contribution < 1.29 is 4.79 Å². The molecule has 0 aliphatic heterocycles. The maximum Gasteiger partial charge on any atom is 0.189 e. The molecule has 2 aliphatic rings. The lowest BCUT2D eigenvalue weighted by atomic mass is 9.85. The zero-order valence-electron chi connectivity index (χ0n) is 10.9. The second-order valence-electron chi connectivity index (χ2n) is 5.55. The van der Waals surface area contributed by atoms with E-state index < -0.39 is 0 Å². The largest absolute Gasteiger partial charge is 0.289 e.